The van der Waals surface area contributed by atoms with Crippen molar-refractivity contribution in [2.45, 2.75) is 58.0 Å². The maximum atomic E-state index is 12.8. The maximum Gasteiger partial charge on any atom is 0.306 e. The topological polar surface area (TPSA) is 101 Å². The highest BCUT2D eigenvalue weighted by molar-refractivity contribution is 6.30. The Bertz CT molecular complexity index is 965. The number of hydrogen-bond donors (Lipinski definition) is 2. The SMILES string of the molecule is CCCCCc1nc(-c2ccc(Cl)cc2)cc(=O)n1CC(=O)N[C@H]1C[C@H](C(=O)O)C1. The Balaban J connectivity index is 1.78. The smallest absolute Gasteiger partial charge is 0.306 e. The minimum atomic E-state index is -0.836. The summed E-state index contributed by atoms with van der Waals surface area (Å²) in [7, 11) is 0. The zero-order valence-corrected chi connectivity index (χ0v) is 17.7. The molecule has 0 spiro atoms. The van der Waals surface area contributed by atoms with Crippen LogP contribution in [0.5, 0.6) is 0 Å². The molecule has 1 aliphatic rings. The Hall–Kier alpha value is -2.67. The van der Waals surface area contributed by atoms with Crippen LogP contribution >= 0.6 is 11.6 Å². The van der Waals surface area contributed by atoms with E-state index >= 15 is 0 Å². The fraction of sp³-hybridized carbons (Fsp3) is 0.455. The van der Waals surface area contributed by atoms with E-state index in [4.69, 9.17) is 16.7 Å². The van der Waals surface area contributed by atoms with Gasteiger partial charge >= 0.3 is 5.97 Å². The van der Waals surface area contributed by atoms with Gasteiger partial charge in [0.2, 0.25) is 5.91 Å². The van der Waals surface area contributed by atoms with E-state index in [1.54, 1.807) is 12.1 Å². The second-order valence-electron chi connectivity index (χ2n) is 7.72. The van der Waals surface area contributed by atoms with E-state index < -0.39 is 11.9 Å². The molecule has 1 aliphatic carbocycles. The lowest BCUT2D eigenvalue weighted by Crippen LogP contribution is -2.48. The first-order valence-corrected chi connectivity index (χ1v) is 10.6. The minimum Gasteiger partial charge on any atom is -0.481 e. The summed E-state index contributed by atoms with van der Waals surface area (Å²) < 4.78 is 1.41. The number of amides is 1. The second-order valence-corrected chi connectivity index (χ2v) is 8.15. The molecule has 0 unspecified atom stereocenters. The number of carboxylic acids is 1. The molecule has 1 fully saturated rings. The van der Waals surface area contributed by atoms with Gasteiger partial charge < -0.3 is 10.4 Å². The molecule has 1 amide bonds. The number of aryl methyl sites for hydroxylation is 1. The van der Waals surface area contributed by atoms with Crippen LogP contribution in [0.4, 0.5) is 0 Å². The van der Waals surface area contributed by atoms with Crippen molar-refractivity contribution in [3.8, 4) is 11.3 Å². The Morgan fingerprint density at radius 3 is 2.57 bits per heavy atom. The first-order chi connectivity index (χ1) is 14.4. The summed E-state index contributed by atoms with van der Waals surface area (Å²) in [6.45, 7) is 1.98. The third-order valence-corrected chi connectivity index (χ3v) is 5.64. The molecule has 1 aromatic heterocycles. The van der Waals surface area contributed by atoms with Crippen molar-refractivity contribution in [2.24, 2.45) is 5.92 Å². The number of carbonyl (C=O) groups is 2. The van der Waals surface area contributed by atoms with Gasteiger partial charge in [0.25, 0.3) is 5.56 Å². The molecular formula is C22H26ClN3O4. The zero-order valence-electron chi connectivity index (χ0n) is 16.9. The minimum absolute atomic E-state index is 0.123. The summed E-state index contributed by atoms with van der Waals surface area (Å²) in [6.07, 6.45) is 4.36. The molecule has 1 aromatic carbocycles. The predicted molar refractivity (Wildman–Crippen MR) is 114 cm³/mol. The number of aliphatic carboxylic acids is 1. The quantitative estimate of drug-likeness (QED) is 0.593. The Morgan fingerprint density at radius 1 is 1.23 bits per heavy atom. The lowest BCUT2D eigenvalue weighted by molar-refractivity contribution is -0.146. The number of benzene rings is 1. The lowest BCUT2D eigenvalue weighted by atomic mass is 9.80. The van der Waals surface area contributed by atoms with E-state index in [1.807, 2.05) is 12.1 Å². The first-order valence-electron chi connectivity index (χ1n) is 10.3. The molecule has 0 radical (unpaired) electrons. The Kier molecular flexibility index (Phi) is 7.26. The average molecular weight is 432 g/mol. The van der Waals surface area contributed by atoms with Crippen LogP contribution in [0.1, 0.15) is 44.9 Å². The number of rotatable bonds is 9. The van der Waals surface area contributed by atoms with Crippen LogP contribution in [0.15, 0.2) is 35.1 Å². The number of carbonyl (C=O) groups excluding carboxylic acids is 1. The van der Waals surface area contributed by atoms with E-state index in [0.29, 0.717) is 35.8 Å². The summed E-state index contributed by atoms with van der Waals surface area (Å²) in [5.74, 6) is -0.961. The van der Waals surface area contributed by atoms with Gasteiger partial charge in [0.1, 0.15) is 12.4 Å². The van der Waals surface area contributed by atoms with E-state index in [9.17, 15) is 14.4 Å². The van der Waals surface area contributed by atoms with E-state index in [1.165, 1.54) is 10.6 Å². The van der Waals surface area contributed by atoms with Crippen LogP contribution in [0.2, 0.25) is 5.02 Å². The number of carboxylic acid groups (broad SMARTS) is 1. The first kappa shape index (κ1) is 22.0. The maximum absolute atomic E-state index is 12.8. The van der Waals surface area contributed by atoms with Crippen LogP contribution < -0.4 is 10.9 Å². The van der Waals surface area contributed by atoms with Crippen molar-refractivity contribution in [2.75, 3.05) is 0 Å². The largest absolute Gasteiger partial charge is 0.481 e. The highest BCUT2D eigenvalue weighted by Crippen LogP contribution is 2.27. The van der Waals surface area contributed by atoms with E-state index in [2.05, 4.69) is 17.2 Å². The normalized spacial score (nSPS) is 17.9. The number of nitrogens with one attached hydrogen (secondary N) is 1. The van der Waals surface area contributed by atoms with Gasteiger partial charge in [0.05, 0.1) is 11.6 Å². The summed E-state index contributed by atoms with van der Waals surface area (Å²) in [6, 6.07) is 8.40. The summed E-state index contributed by atoms with van der Waals surface area (Å²) in [5.41, 5.74) is 1.07. The van der Waals surface area contributed by atoms with Gasteiger partial charge in [-0.3, -0.25) is 19.0 Å². The van der Waals surface area contributed by atoms with Crippen LogP contribution in [0.3, 0.4) is 0 Å². The predicted octanol–water partition coefficient (Wildman–Crippen LogP) is 3.28. The number of unbranched alkanes of at least 4 members (excludes halogenated alkanes) is 2. The van der Waals surface area contributed by atoms with Crippen molar-refractivity contribution in [3.05, 3.63) is 51.5 Å². The van der Waals surface area contributed by atoms with Gasteiger partial charge in [-0.2, -0.15) is 0 Å². The fourth-order valence-corrected chi connectivity index (χ4v) is 3.70. The number of halogens is 1. The van der Waals surface area contributed by atoms with Gasteiger partial charge in [-0.25, -0.2) is 4.98 Å². The van der Waals surface area contributed by atoms with Crippen molar-refractivity contribution in [1.29, 1.82) is 0 Å². The summed E-state index contributed by atoms with van der Waals surface area (Å²) in [5, 5.41) is 12.4. The molecule has 1 saturated carbocycles. The van der Waals surface area contributed by atoms with Crippen LogP contribution in [0.25, 0.3) is 11.3 Å². The molecule has 3 rings (SSSR count). The molecule has 0 saturated heterocycles. The molecule has 2 N–H and O–H groups in total. The highest BCUT2D eigenvalue weighted by Gasteiger charge is 2.35. The Morgan fingerprint density at radius 2 is 1.93 bits per heavy atom. The molecule has 0 aliphatic heterocycles. The zero-order chi connectivity index (χ0) is 21.7. The van der Waals surface area contributed by atoms with Crippen LogP contribution in [-0.4, -0.2) is 32.6 Å². The summed E-state index contributed by atoms with van der Waals surface area (Å²) in [4.78, 5) is 40.9. The van der Waals surface area contributed by atoms with Gasteiger partial charge in [-0.05, 0) is 31.4 Å². The highest BCUT2D eigenvalue weighted by atomic mass is 35.5. The van der Waals surface area contributed by atoms with Gasteiger partial charge in [0.15, 0.2) is 0 Å². The molecule has 0 bridgehead atoms. The van der Waals surface area contributed by atoms with Crippen molar-refractivity contribution >= 4 is 23.5 Å². The Labute approximate surface area is 180 Å². The van der Waals surface area contributed by atoms with Gasteiger partial charge in [-0.1, -0.05) is 43.5 Å². The lowest BCUT2D eigenvalue weighted by Gasteiger charge is -2.32. The standard InChI is InChI=1S/C22H26ClN3O4/c1-2-3-4-5-19-25-18(14-6-8-16(23)9-7-14)12-21(28)26(19)13-20(27)24-17-10-15(11-17)22(29)30/h6-9,12,15,17H,2-5,10-11,13H2,1H3,(H,24,27)(H,29,30)/t15-,17-. The molecule has 160 valence electrons. The second kappa shape index (κ2) is 9.89. The monoisotopic (exact) mass is 431 g/mol. The van der Waals surface area contributed by atoms with Crippen molar-refractivity contribution in [1.82, 2.24) is 14.9 Å². The summed E-state index contributed by atoms with van der Waals surface area (Å²) >= 11 is 5.95. The van der Waals surface area contributed by atoms with Crippen LogP contribution in [0, 0.1) is 5.92 Å². The average Bonchev–Trinajstić information content (AvgIpc) is 2.67. The molecule has 7 nitrogen and oxygen atoms in total. The molecule has 30 heavy (non-hydrogen) atoms. The number of nitrogens with zero attached hydrogens (tertiary/aromatic N) is 2. The fourth-order valence-electron chi connectivity index (χ4n) is 3.57. The molecule has 1 heterocycles. The molecule has 0 atom stereocenters. The number of aromatic nitrogens is 2. The van der Waals surface area contributed by atoms with E-state index in [0.717, 1.165) is 24.8 Å². The third-order valence-electron chi connectivity index (χ3n) is 5.39. The molecule has 2 aromatic rings. The van der Waals surface area contributed by atoms with E-state index in [-0.39, 0.29) is 24.1 Å². The van der Waals surface area contributed by atoms with Crippen molar-refractivity contribution in [3.63, 3.8) is 0 Å². The van der Waals surface area contributed by atoms with Gasteiger partial charge in [0, 0.05) is 29.1 Å². The van der Waals surface area contributed by atoms with Crippen LogP contribution in [-0.2, 0) is 22.6 Å². The number of hydrogen-bond acceptors (Lipinski definition) is 4. The molecular weight excluding hydrogens is 406 g/mol. The van der Waals surface area contributed by atoms with Gasteiger partial charge in [-0.15, -0.1) is 0 Å². The van der Waals surface area contributed by atoms with Crippen molar-refractivity contribution < 1.29 is 14.7 Å². The third kappa shape index (κ3) is 5.48. The molecule has 8 heteroatoms.